The van der Waals surface area contributed by atoms with Gasteiger partial charge in [0.15, 0.2) is 0 Å². The van der Waals surface area contributed by atoms with Crippen LogP contribution >= 0.6 is 31.9 Å². The van der Waals surface area contributed by atoms with E-state index in [0.29, 0.717) is 6.07 Å². The first-order chi connectivity index (χ1) is 11.2. The number of carbonyl (C=O) groups is 2. The van der Waals surface area contributed by atoms with Gasteiger partial charge in [-0.2, -0.15) is 13.2 Å². The predicted octanol–water partition coefficient (Wildman–Crippen LogP) is 4.31. The molecule has 0 aromatic heterocycles. The van der Waals surface area contributed by atoms with Gasteiger partial charge in [0.1, 0.15) is 0 Å². The van der Waals surface area contributed by atoms with E-state index in [-0.39, 0.29) is 15.6 Å². The second-order valence-electron chi connectivity index (χ2n) is 4.61. The van der Waals surface area contributed by atoms with Crippen LogP contribution in [-0.4, -0.2) is 11.8 Å². The lowest BCUT2D eigenvalue weighted by molar-refractivity contribution is -0.138. The molecule has 0 heterocycles. The highest BCUT2D eigenvalue weighted by Gasteiger charge is 2.33. The fraction of sp³-hybridized carbons (Fsp3) is 0.0667. The van der Waals surface area contributed by atoms with E-state index in [1.54, 1.807) is 12.1 Å². The van der Waals surface area contributed by atoms with Crippen molar-refractivity contribution < 1.29 is 22.8 Å². The Kier molecular flexibility index (Phi) is 5.66. The van der Waals surface area contributed by atoms with E-state index in [9.17, 15) is 22.8 Å². The maximum absolute atomic E-state index is 12.8. The summed E-state index contributed by atoms with van der Waals surface area (Å²) in [5.74, 6) is -1.46. The van der Waals surface area contributed by atoms with Gasteiger partial charge in [0.2, 0.25) is 0 Å². The summed E-state index contributed by atoms with van der Waals surface area (Å²) in [4.78, 5) is 23.8. The third kappa shape index (κ3) is 4.57. The molecule has 4 nitrogen and oxygen atoms in total. The van der Waals surface area contributed by atoms with E-state index >= 15 is 0 Å². The van der Waals surface area contributed by atoms with Crippen LogP contribution in [-0.2, 0) is 6.18 Å². The molecule has 0 aliphatic rings. The van der Waals surface area contributed by atoms with Crippen molar-refractivity contribution in [3.63, 3.8) is 0 Å². The molecular weight excluding hydrogens is 457 g/mol. The van der Waals surface area contributed by atoms with Crippen LogP contribution < -0.4 is 10.9 Å². The Balaban J connectivity index is 2.07. The van der Waals surface area contributed by atoms with Crippen LogP contribution in [0.3, 0.4) is 0 Å². The summed E-state index contributed by atoms with van der Waals surface area (Å²) < 4.78 is 39.1. The molecule has 0 saturated carbocycles. The van der Waals surface area contributed by atoms with E-state index in [4.69, 9.17) is 0 Å². The lowest BCUT2D eigenvalue weighted by Gasteiger charge is -2.12. The van der Waals surface area contributed by atoms with Crippen molar-refractivity contribution in [3.8, 4) is 0 Å². The number of carbonyl (C=O) groups excluding carboxylic acids is 2. The maximum Gasteiger partial charge on any atom is 0.417 e. The molecule has 9 heteroatoms. The standard InChI is InChI=1S/C15H9Br2F3N2O2/c16-10-4-1-8(2-5-10)13(23)21-22-14(24)9-3-6-12(17)11(7-9)15(18,19)20/h1-7H,(H,21,23)(H,22,24). The Hall–Kier alpha value is -1.87. The molecular formula is C15H9Br2F3N2O2. The third-order valence-corrected chi connectivity index (χ3v) is 4.15. The van der Waals surface area contributed by atoms with Gasteiger partial charge >= 0.3 is 6.18 Å². The van der Waals surface area contributed by atoms with E-state index in [1.807, 2.05) is 0 Å². The molecule has 0 aliphatic carbocycles. The number of hydrogen-bond acceptors (Lipinski definition) is 2. The minimum atomic E-state index is -4.60. The molecule has 0 saturated heterocycles. The maximum atomic E-state index is 12.8. The van der Waals surface area contributed by atoms with E-state index < -0.39 is 23.6 Å². The zero-order valence-electron chi connectivity index (χ0n) is 11.7. The topological polar surface area (TPSA) is 58.2 Å². The number of hydrazine groups is 1. The Labute approximate surface area is 151 Å². The SMILES string of the molecule is O=C(NNC(=O)c1ccc(Br)c(C(F)(F)F)c1)c1ccc(Br)cc1. The van der Waals surface area contributed by atoms with Gasteiger partial charge in [0, 0.05) is 20.1 Å². The van der Waals surface area contributed by atoms with Crippen molar-refractivity contribution in [2.45, 2.75) is 6.18 Å². The molecule has 0 radical (unpaired) electrons. The summed E-state index contributed by atoms with van der Waals surface area (Å²) in [7, 11) is 0. The molecule has 0 bridgehead atoms. The number of amides is 2. The number of hydrogen-bond donors (Lipinski definition) is 2. The predicted molar refractivity (Wildman–Crippen MR) is 88.2 cm³/mol. The Morgan fingerprint density at radius 3 is 1.88 bits per heavy atom. The monoisotopic (exact) mass is 464 g/mol. The summed E-state index contributed by atoms with van der Waals surface area (Å²) in [6, 6.07) is 9.35. The zero-order chi connectivity index (χ0) is 17.9. The molecule has 2 amide bonds. The molecule has 2 aromatic rings. The molecule has 2 N–H and O–H groups in total. The lowest BCUT2D eigenvalue weighted by Crippen LogP contribution is -2.41. The molecule has 2 aromatic carbocycles. The van der Waals surface area contributed by atoms with Crippen LogP contribution in [0.25, 0.3) is 0 Å². The Bertz CT molecular complexity index is 777. The number of halogens is 5. The van der Waals surface area contributed by atoms with Gasteiger partial charge in [0.05, 0.1) is 5.56 Å². The molecule has 0 spiro atoms. The Morgan fingerprint density at radius 2 is 1.33 bits per heavy atom. The summed E-state index contributed by atoms with van der Waals surface area (Å²) in [6.45, 7) is 0. The number of alkyl halides is 3. The minimum Gasteiger partial charge on any atom is -0.267 e. The van der Waals surface area contributed by atoms with Crippen LogP contribution in [0.4, 0.5) is 13.2 Å². The van der Waals surface area contributed by atoms with Crippen LogP contribution in [0.5, 0.6) is 0 Å². The second kappa shape index (κ2) is 7.35. The largest absolute Gasteiger partial charge is 0.417 e. The summed E-state index contributed by atoms with van der Waals surface area (Å²) in [5, 5.41) is 0. The quantitative estimate of drug-likeness (QED) is 0.649. The average molecular weight is 466 g/mol. The number of benzene rings is 2. The van der Waals surface area contributed by atoms with E-state index in [2.05, 4.69) is 42.7 Å². The van der Waals surface area contributed by atoms with Gasteiger partial charge < -0.3 is 0 Å². The van der Waals surface area contributed by atoms with Gasteiger partial charge in [-0.3, -0.25) is 20.4 Å². The average Bonchev–Trinajstić information content (AvgIpc) is 2.52. The van der Waals surface area contributed by atoms with Gasteiger partial charge in [-0.25, -0.2) is 0 Å². The van der Waals surface area contributed by atoms with E-state index in [1.165, 1.54) is 18.2 Å². The molecule has 0 fully saturated rings. The van der Waals surface area contributed by atoms with Crippen molar-refractivity contribution >= 4 is 43.7 Å². The number of rotatable bonds is 2. The third-order valence-electron chi connectivity index (χ3n) is 2.93. The van der Waals surface area contributed by atoms with Gasteiger partial charge in [-0.1, -0.05) is 31.9 Å². The molecule has 0 atom stereocenters. The lowest BCUT2D eigenvalue weighted by atomic mass is 10.1. The van der Waals surface area contributed by atoms with Crippen LogP contribution in [0, 0.1) is 0 Å². The highest BCUT2D eigenvalue weighted by molar-refractivity contribution is 9.10. The minimum absolute atomic E-state index is 0.176. The van der Waals surface area contributed by atoms with Crippen molar-refractivity contribution in [2.24, 2.45) is 0 Å². The smallest absolute Gasteiger partial charge is 0.267 e. The fourth-order valence-corrected chi connectivity index (χ4v) is 2.48. The van der Waals surface area contributed by atoms with Crippen molar-refractivity contribution in [1.29, 1.82) is 0 Å². The van der Waals surface area contributed by atoms with Crippen LogP contribution in [0.15, 0.2) is 51.4 Å². The molecule has 24 heavy (non-hydrogen) atoms. The summed E-state index contributed by atoms with van der Waals surface area (Å²) in [5.41, 5.74) is 3.29. The first kappa shape index (κ1) is 18.5. The molecule has 126 valence electrons. The van der Waals surface area contributed by atoms with Gasteiger partial charge in [0.25, 0.3) is 11.8 Å². The first-order valence-corrected chi connectivity index (χ1v) is 8.00. The van der Waals surface area contributed by atoms with Crippen molar-refractivity contribution in [2.75, 3.05) is 0 Å². The molecule has 2 rings (SSSR count). The summed E-state index contributed by atoms with van der Waals surface area (Å²) in [6.07, 6.45) is -4.60. The molecule has 0 aliphatic heterocycles. The Morgan fingerprint density at radius 1 is 0.833 bits per heavy atom. The number of nitrogens with one attached hydrogen (secondary N) is 2. The van der Waals surface area contributed by atoms with Crippen LogP contribution in [0.2, 0.25) is 0 Å². The first-order valence-electron chi connectivity index (χ1n) is 6.41. The van der Waals surface area contributed by atoms with Gasteiger partial charge in [-0.15, -0.1) is 0 Å². The second-order valence-corrected chi connectivity index (χ2v) is 6.38. The van der Waals surface area contributed by atoms with Crippen LogP contribution in [0.1, 0.15) is 26.3 Å². The highest BCUT2D eigenvalue weighted by atomic mass is 79.9. The highest BCUT2D eigenvalue weighted by Crippen LogP contribution is 2.35. The molecule has 0 unspecified atom stereocenters. The van der Waals surface area contributed by atoms with Crippen molar-refractivity contribution in [1.82, 2.24) is 10.9 Å². The zero-order valence-corrected chi connectivity index (χ0v) is 14.9. The fourth-order valence-electron chi connectivity index (χ4n) is 1.74. The van der Waals surface area contributed by atoms with Gasteiger partial charge in [-0.05, 0) is 42.5 Å². The summed E-state index contributed by atoms with van der Waals surface area (Å²) >= 11 is 6.01. The van der Waals surface area contributed by atoms with Crippen molar-refractivity contribution in [3.05, 3.63) is 68.1 Å². The normalized spacial score (nSPS) is 11.0. The van der Waals surface area contributed by atoms with E-state index in [0.717, 1.165) is 10.5 Å².